The number of halogens is 2. The van der Waals surface area contributed by atoms with Crippen molar-refractivity contribution in [2.75, 3.05) is 12.4 Å². The Hall–Kier alpha value is -2.06. The quantitative estimate of drug-likeness (QED) is 0.858. The van der Waals surface area contributed by atoms with Crippen molar-refractivity contribution in [3.63, 3.8) is 0 Å². The van der Waals surface area contributed by atoms with Gasteiger partial charge in [-0.3, -0.25) is 4.79 Å². The molecule has 1 amide bonds. The van der Waals surface area contributed by atoms with Gasteiger partial charge >= 0.3 is 0 Å². The lowest BCUT2D eigenvalue weighted by molar-refractivity contribution is -0.907. The van der Waals surface area contributed by atoms with E-state index in [4.69, 9.17) is 28.5 Å². The first-order valence-electron chi connectivity index (χ1n) is 7.48. The van der Waals surface area contributed by atoms with Crippen molar-refractivity contribution in [1.82, 2.24) is 0 Å². The second kappa shape index (κ2) is 8.16. The van der Waals surface area contributed by atoms with Crippen LogP contribution in [0.25, 0.3) is 0 Å². The summed E-state index contributed by atoms with van der Waals surface area (Å²) in [5.41, 5.74) is 1.97. The van der Waals surface area contributed by atoms with Gasteiger partial charge in [-0.1, -0.05) is 41.4 Å². The van der Waals surface area contributed by atoms with Crippen LogP contribution < -0.4 is 10.2 Å². The van der Waals surface area contributed by atoms with Gasteiger partial charge < -0.3 is 10.2 Å². The van der Waals surface area contributed by atoms with Crippen LogP contribution in [-0.2, 0) is 11.3 Å². The largest absolute Gasteiger partial charge is 0.324 e. The first kappa shape index (κ1) is 18.3. The van der Waals surface area contributed by atoms with Crippen LogP contribution in [0.3, 0.4) is 0 Å². The SMILES string of the molecule is C[C@H](C(=O)Nc1ccccc1C#N)[NH+](C)Cc1ccc(Cl)c(Cl)c1. The maximum atomic E-state index is 12.4. The Morgan fingerprint density at radius 2 is 1.96 bits per heavy atom. The summed E-state index contributed by atoms with van der Waals surface area (Å²) in [6.07, 6.45) is 0. The van der Waals surface area contributed by atoms with Gasteiger partial charge in [0, 0.05) is 5.56 Å². The summed E-state index contributed by atoms with van der Waals surface area (Å²) in [5, 5.41) is 12.9. The zero-order valence-corrected chi connectivity index (χ0v) is 14.9. The van der Waals surface area contributed by atoms with E-state index in [1.54, 1.807) is 30.3 Å². The third-order valence-electron chi connectivity index (χ3n) is 3.90. The normalized spacial score (nSPS) is 13.0. The summed E-state index contributed by atoms with van der Waals surface area (Å²) in [5.74, 6) is -0.143. The predicted octanol–water partition coefficient (Wildman–Crippen LogP) is 2.91. The Kier molecular flexibility index (Phi) is 6.22. The van der Waals surface area contributed by atoms with Gasteiger partial charge in [0.15, 0.2) is 6.04 Å². The summed E-state index contributed by atoms with van der Waals surface area (Å²) >= 11 is 11.9. The first-order valence-corrected chi connectivity index (χ1v) is 8.24. The van der Waals surface area contributed by atoms with Crippen molar-refractivity contribution in [1.29, 1.82) is 5.26 Å². The van der Waals surface area contributed by atoms with Gasteiger partial charge in [0.05, 0.1) is 28.3 Å². The maximum absolute atomic E-state index is 12.4. The minimum atomic E-state index is -0.300. The van der Waals surface area contributed by atoms with Gasteiger partial charge in [-0.15, -0.1) is 0 Å². The van der Waals surface area contributed by atoms with Crippen LogP contribution >= 0.6 is 23.2 Å². The lowest BCUT2D eigenvalue weighted by atomic mass is 10.1. The topological polar surface area (TPSA) is 57.3 Å². The van der Waals surface area contributed by atoms with Gasteiger partial charge in [-0.25, -0.2) is 0 Å². The fourth-order valence-electron chi connectivity index (χ4n) is 2.28. The summed E-state index contributed by atoms with van der Waals surface area (Å²) in [6.45, 7) is 2.47. The van der Waals surface area contributed by atoms with Crippen molar-refractivity contribution < 1.29 is 9.69 Å². The number of benzene rings is 2. The predicted molar refractivity (Wildman–Crippen MR) is 96.3 cm³/mol. The van der Waals surface area contributed by atoms with Gasteiger partial charge in [-0.05, 0) is 31.2 Å². The number of anilines is 1. The number of hydrogen-bond donors (Lipinski definition) is 2. The van der Waals surface area contributed by atoms with Crippen LogP contribution in [0.2, 0.25) is 10.0 Å². The average molecular weight is 363 g/mol. The first-order chi connectivity index (χ1) is 11.4. The second-order valence-electron chi connectivity index (χ2n) is 5.64. The van der Waals surface area contributed by atoms with Crippen molar-refractivity contribution in [3.05, 3.63) is 63.6 Å². The lowest BCUT2D eigenvalue weighted by Gasteiger charge is -2.21. The number of nitrogens with one attached hydrogen (secondary N) is 2. The molecule has 2 aromatic rings. The van der Waals surface area contributed by atoms with Crippen LogP contribution in [0, 0.1) is 11.3 Å². The van der Waals surface area contributed by atoms with E-state index in [0.29, 0.717) is 27.8 Å². The maximum Gasteiger partial charge on any atom is 0.282 e. The third-order valence-corrected chi connectivity index (χ3v) is 4.64. The van der Waals surface area contributed by atoms with Crippen LogP contribution in [0.1, 0.15) is 18.1 Å². The molecule has 2 aromatic carbocycles. The molecule has 24 heavy (non-hydrogen) atoms. The molecule has 0 radical (unpaired) electrons. The van der Waals surface area contributed by atoms with Gasteiger partial charge in [0.2, 0.25) is 0 Å². The molecule has 0 aliphatic heterocycles. The molecule has 0 aliphatic rings. The Labute approximate surface area is 151 Å². The summed E-state index contributed by atoms with van der Waals surface area (Å²) in [7, 11) is 1.93. The van der Waals surface area contributed by atoms with Crippen LogP contribution in [0.15, 0.2) is 42.5 Å². The fourth-order valence-corrected chi connectivity index (χ4v) is 2.60. The molecule has 0 fully saturated rings. The van der Waals surface area contributed by atoms with E-state index in [1.165, 1.54) is 0 Å². The van der Waals surface area contributed by atoms with E-state index in [0.717, 1.165) is 10.5 Å². The molecule has 0 aliphatic carbocycles. The second-order valence-corrected chi connectivity index (χ2v) is 6.45. The van der Waals surface area contributed by atoms with Crippen LogP contribution in [-0.4, -0.2) is 19.0 Å². The van der Waals surface area contributed by atoms with Crippen molar-refractivity contribution in [2.45, 2.75) is 19.5 Å². The van der Waals surface area contributed by atoms with E-state index in [-0.39, 0.29) is 11.9 Å². The van der Waals surface area contributed by atoms with Crippen LogP contribution in [0.5, 0.6) is 0 Å². The number of carbonyl (C=O) groups is 1. The van der Waals surface area contributed by atoms with Crippen molar-refractivity contribution in [2.24, 2.45) is 0 Å². The van der Waals surface area contributed by atoms with Crippen molar-refractivity contribution >= 4 is 34.8 Å². The zero-order chi connectivity index (χ0) is 17.7. The molecule has 2 rings (SSSR count). The number of quaternary nitrogens is 1. The fraction of sp³-hybridized carbons (Fsp3) is 0.222. The molecule has 6 heteroatoms. The number of nitrogens with zero attached hydrogens (tertiary/aromatic N) is 1. The Balaban J connectivity index is 2.04. The van der Waals surface area contributed by atoms with E-state index in [2.05, 4.69) is 11.4 Å². The van der Waals surface area contributed by atoms with Crippen LogP contribution in [0.4, 0.5) is 5.69 Å². The van der Waals surface area contributed by atoms with Gasteiger partial charge in [0.25, 0.3) is 5.91 Å². The number of para-hydroxylation sites is 1. The molecular weight excluding hydrogens is 345 g/mol. The Morgan fingerprint density at radius 3 is 2.62 bits per heavy atom. The molecule has 0 saturated heterocycles. The summed E-state index contributed by atoms with van der Waals surface area (Å²) in [4.78, 5) is 13.4. The minimum absolute atomic E-state index is 0.143. The molecule has 1 unspecified atom stereocenters. The summed E-state index contributed by atoms with van der Waals surface area (Å²) in [6, 6.07) is 14.2. The molecule has 4 nitrogen and oxygen atoms in total. The molecule has 2 atom stereocenters. The third kappa shape index (κ3) is 4.48. The van der Waals surface area contributed by atoms with Gasteiger partial charge in [-0.2, -0.15) is 5.26 Å². The Morgan fingerprint density at radius 1 is 1.25 bits per heavy atom. The van der Waals surface area contributed by atoms with Crippen molar-refractivity contribution in [3.8, 4) is 6.07 Å². The van der Waals surface area contributed by atoms with E-state index in [1.807, 2.05) is 26.1 Å². The Bertz CT molecular complexity index is 786. The molecule has 0 bridgehead atoms. The van der Waals surface area contributed by atoms with E-state index in [9.17, 15) is 4.79 Å². The molecule has 0 aromatic heterocycles. The number of likely N-dealkylation sites (N-methyl/N-ethyl adjacent to an activating group) is 1. The number of hydrogen-bond acceptors (Lipinski definition) is 2. The molecule has 124 valence electrons. The smallest absolute Gasteiger partial charge is 0.282 e. The average Bonchev–Trinajstić information content (AvgIpc) is 2.57. The number of carbonyl (C=O) groups excluding carboxylic acids is 1. The highest BCUT2D eigenvalue weighted by atomic mass is 35.5. The van der Waals surface area contributed by atoms with E-state index >= 15 is 0 Å². The molecule has 0 saturated carbocycles. The monoisotopic (exact) mass is 362 g/mol. The number of nitriles is 1. The minimum Gasteiger partial charge on any atom is -0.324 e. The number of amides is 1. The molecular formula is C18H18Cl2N3O+. The zero-order valence-electron chi connectivity index (χ0n) is 13.4. The van der Waals surface area contributed by atoms with E-state index < -0.39 is 0 Å². The highest BCUT2D eigenvalue weighted by Crippen LogP contribution is 2.22. The number of rotatable bonds is 5. The van der Waals surface area contributed by atoms with Gasteiger partial charge in [0.1, 0.15) is 12.6 Å². The standard InChI is InChI=1S/C18H17Cl2N3O/c1-12(18(24)22-17-6-4-3-5-14(17)10-21)23(2)11-13-7-8-15(19)16(20)9-13/h3-9,12H,11H2,1-2H3,(H,22,24)/p+1/t12-/m1/s1. The molecule has 0 heterocycles. The summed E-state index contributed by atoms with van der Waals surface area (Å²) < 4.78 is 0. The highest BCUT2D eigenvalue weighted by molar-refractivity contribution is 6.42. The molecule has 2 N–H and O–H groups in total. The lowest BCUT2D eigenvalue weighted by Crippen LogP contribution is -3.12. The highest BCUT2D eigenvalue weighted by Gasteiger charge is 2.23. The molecule has 0 spiro atoms.